The Hall–Kier alpha value is -2.58. The molecule has 0 radical (unpaired) electrons. The average Bonchev–Trinajstić information content (AvgIpc) is 3.05. The van der Waals surface area contributed by atoms with Crippen molar-refractivity contribution in [2.75, 3.05) is 20.0 Å². The fraction of sp³-hybridized carbons (Fsp3) is 0.286. The van der Waals surface area contributed by atoms with Crippen molar-refractivity contribution in [1.29, 1.82) is 0 Å². The van der Waals surface area contributed by atoms with E-state index < -0.39 is 5.97 Å². The largest absolute Gasteiger partial charge is 0.497 e. The summed E-state index contributed by atoms with van der Waals surface area (Å²) < 4.78 is 12.6. The van der Waals surface area contributed by atoms with E-state index in [0.717, 1.165) is 21.5 Å². The van der Waals surface area contributed by atoms with E-state index in [0.29, 0.717) is 10.6 Å². The Morgan fingerprint density at radius 2 is 1.90 bits per heavy atom. The first-order chi connectivity index (χ1) is 14.0. The van der Waals surface area contributed by atoms with Crippen LogP contribution in [0.1, 0.15) is 12.5 Å². The minimum absolute atomic E-state index is 0.0160. The number of esters is 1. The first kappa shape index (κ1) is 21.1. The van der Waals surface area contributed by atoms with Crippen LogP contribution in [0.5, 0.6) is 5.75 Å². The van der Waals surface area contributed by atoms with Gasteiger partial charge in [-0.3, -0.25) is 9.59 Å². The number of carbonyl (C=O) groups excluding carboxylic acids is 2. The van der Waals surface area contributed by atoms with E-state index in [1.807, 2.05) is 42.5 Å². The molecule has 29 heavy (non-hydrogen) atoms. The zero-order chi connectivity index (χ0) is 20.8. The Balaban J connectivity index is 1.93. The van der Waals surface area contributed by atoms with E-state index in [9.17, 15) is 9.59 Å². The number of ether oxygens (including phenoxy) is 2. The lowest BCUT2D eigenvalue weighted by Crippen LogP contribution is -2.22. The Morgan fingerprint density at radius 3 is 2.55 bits per heavy atom. The molecule has 152 valence electrons. The lowest BCUT2D eigenvalue weighted by atomic mass is 10.1. The van der Waals surface area contributed by atoms with Crippen LogP contribution in [0.2, 0.25) is 0 Å². The van der Waals surface area contributed by atoms with Crippen LogP contribution in [-0.2, 0) is 27.3 Å². The van der Waals surface area contributed by atoms with Crippen LogP contribution in [0.3, 0.4) is 0 Å². The van der Waals surface area contributed by atoms with Crippen molar-refractivity contribution < 1.29 is 19.1 Å². The number of hydrogen-bond donors (Lipinski definition) is 0. The number of thiazole rings is 1. The summed E-state index contributed by atoms with van der Waals surface area (Å²) in [6.45, 7) is 2.09. The molecule has 1 aromatic heterocycles. The van der Waals surface area contributed by atoms with Crippen LogP contribution in [0.25, 0.3) is 10.2 Å². The first-order valence-electron chi connectivity index (χ1n) is 9.07. The summed E-state index contributed by atoms with van der Waals surface area (Å²) in [6, 6.07) is 13.4. The third kappa shape index (κ3) is 5.27. The Bertz CT molecular complexity index is 1080. The SMILES string of the molecule is CCSc1ccc(CC(=O)N=c2sc3cc(OC)ccc3n2CC(=O)OC)cc1. The van der Waals surface area contributed by atoms with Crippen molar-refractivity contribution in [3.63, 3.8) is 0 Å². The molecular formula is C21H22N2O4S2. The highest BCUT2D eigenvalue weighted by molar-refractivity contribution is 7.99. The van der Waals surface area contributed by atoms with Gasteiger partial charge in [0.25, 0.3) is 5.91 Å². The van der Waals surface area contributed by atoms with Crippen LogP contribution >= 0.6 is 23.1 Å². The maximum Gasteiger partial charge on any atom is 0.325 e. The predicted molar refractivity (Wildman–Crippen MR) is 115 cm³/mol. The molecule has 3 aromatic rings. The molecule has 1 heterocycles. The van der Waals surface area contributed by atoms with Crippen molar-refractivity contribution in [2.45, 2.75) is 24.8 Å². The number of methoxy groups -OCH3 is 2. The molecule has 0 saturated carbocycles. The van der Waals surface area contributed by atoms with Gasteiger partial charge in [-0.1, -0.05) is 30.4 Å². The number of thioether (sulfide) groups is 1. The molecule has 0 fully saturated rings. The van der Waals surface area contributed by atoms with Gasteiger partial charge in [0.15, 0.2) is 4.80 Å². The van der Waals surface area contributed by atoms with Gasteiger partial charge in [-0.15, -0.1) is 11.8 Å². The third-order valence-corrected chi connectivity index (χ3v) is 6.15. The first-order valence-corrected chi connectivity index (χ1v) is 10.9. The molecule has 0 unspecified atom stereocenters. The molecule has 0 aliphatic heterocycles. The lowest BCUT2D eigenvalue weighted by molar-refractivity contribution is -0.141. The smallest absolute Gasteiger partial charge is 0.325 e. The molecule has 8 heteroatoms. The van der Waals surface area contributed by atoms with E-state index in [-0.39, 0.29) is 18.9 Å². The second-order valence-corrected chi connectivity index (χ2v) is 8.49. The van der Waals surface area contributed by atoms with E-state index in [4.69, 9.17) is 9.47 Å². The van der Waals surface area contributed by atoms with E-state index in [1.165, 1.54) is 23.3 Å². The molecule has 2 aromatic carbocycles. The zero-order valence-corrected chi connectivity index (χ0v) is 18.1. The topological polar surface area (TPSA) is 69.9 Å². The van der Waals surface area contributed by atoms with Crippen molar-refractivity contribution in [3.05, 3.63) is 52.8 Å². The summed E-state index contributed by atoms with van der Waals surface area (Å²) in [5.41, 5.74) is 1.70. The molecular weight excluding hydrogens is 408 g/mol. The van der Waals surface area contributed by atoms with Crippen molar-refractivity contribution in [3.8, 4) is 5.75 Å². The van der Waals surface area contributed by atoms with Gasteiger partial charge in [-0.2, -0.15) is 4.99 Å². The average molecular weight is 431 g/mol. The number of hydrogen-bond acceptors (Lipinski definition) is 6. The van der Waals surface area contributed by atoms with Crippen LogP contribution in [-0.4, -0.2) is 36.4 Å². The number of fused-ring (bicyclic) bond motifs is 1. The molecule has 6 nitrogen and oxygen atoms in total. The summed E-state index contributed by atoms with van der Waals surface area (Å²) in [5, 5.41) is 0. The Kier molecular flexibility index (Phi) is 7.11. The van der Waals surface area contributed by atoms with Gasteiger partial charge in [0.05, 0.1) is 30.9 Å². The summed E-state index contributed by atoms with van der Waals surface area (Å²) in [7, 11) is 2.93. The Morgan fingerprint density at radius 1 is 1.14 bits per heavy atom. The minimum atomic E-state index is -0.404. The van der Waals surface area contributed by atoms with Crippen LogP contribution in [0, 0.1) is 0 Å². The molecule has 0 bridgehead atoms. The molecule has 0 spiro atoms. The van der Waals surface area contributed by atoms with E-state index >= 15 is 0 Å². The number of amides is 1. The highest BCUT2D eigenvalue weighted by Crippen LogP contribution is 2.23. The van der Waals surface area contributed by atoms with Gasteiger partial charge >= 0.3 is 5.97 Å². The number of rotatable bonds is 7. The third-order valence-electron chi connectivity index (χ3n) is 4.21. The fourth-order valence-corrected chi connectivity index (χ4v) is 4.54. The Labute approximate surface area is 177 Å². The summed E-state index contributed by atoms with van der Waals surface area (Å²) >= 11 is 3.09. The number of carbonyl (C=O) groups is 2. The van der Waals surface area contributed by atoms with Gasteiger partial charge in [0.2, 0.25) is 0 Å². The highest BCUT2D eigenvalue weighted by atomic mass is 32.2. The maximum atomic E-state index is 12.6. The van der Waals surface area contributed by atoms with E-state index in [1.54, 1.807) is 23.4 Å². The summed E-state index contributed by atoms with van der Waals surface area (Å²) in [6.07, 6.45) is 0.201. The van der Waals surface area contributed by atoms with Crippen LogP contribution in [0.4, 0.5) is 0 Å². The zero-order valence-electron chi connectivity index (χ0n) is 16.5. The second kappa shape index (κ2) is 9.76. The number of benzene rings is 2. The second-order valence-electron chi connectivity index (χ2n) is 6.14. The van der Waals surface area contributed by atoms with E-state index in [2.05, 4.69) is 11.9 Å². The van der Waals surface area contributed by atoms with Crippen molar-refractivity contribution >= 4 is 45.2 Å². The summed E-state index contributed by atoms with van der Waals surface area (Å²) in [4.78, 5) is 30.4. The lowest BCUT2D eigenvalue weighted by Gasteiger charge is -2.04. The van der Waals surface area contributed by atoms with Crippen molar-refractivity contribution in [1.82, 2.24) is 4.57 Å². The van der Waals surface area contributed by atoms with Crippen molar-refractivity contribution in [2.24, 2.45) is 4.99 Å². The molecule has 3 rings (SSSR count). The van der Waals surface area contributed by atoms with Gasteiger partial charge in [0, 0.05) is 4.90 Å². The monoisotopic (exact) mass is 430 g/mol. The normalized spacial score (nSPS) is 11.6. The van der Waals surface area contributed by atoms with Gasteiger partial charge in [0.1, 0.15) is 12.3 Å². The molecule has 0 N–H and O–H groups in total. The summed E-state index contributed by atoms with van der Waals surface area (Å²) in [5.74, 6) is 1.04. The van der Waals surface area contributed by atoms with Gasteiger partial charge < -0.3 is 14.0 Å². The van der Waals surface area contributed by atoms with Gasteiger partial charge in [-0.25, -0.2) is 0 Å². The molecule has 0 aliphatic rings. The maximum absolute atomic E-state index is 12.6. The predicted octanol–water partition coefficient (Wildman–Crippen LogP) is 3.67. The highest BCUT2D eigenvalue weighted by Gasteiger charge is 2.13. The minimum Gasteiger partial charge on any atom is -0.497 e. The van der Waals surface area contributed by atoms with Gasteiger partial charge in [-0.05, 0) is 41.6 Å². The molecule has 1 amide bonds. The number of aromatic nitrogens is 1. The molecule has 0 saturated heterocycles. The quantitative estimate of drug-likeness (QED) is 0.423. The fourth-order valence-electron chi connectivity index (χ4n) is 2.80. The van der Waals surface area contributed by atoms with Crippen LogP contribution in [0.15, 0.2) is 52.4 Å². The molecule has 0 aliphatic carbocycles. The standard InChI is InChI=1S/C21H22N2O4S2/c1-4-28-16-8-5-14(6-9-16)11-19(24)22-21-23(13-20(25)27-3)17-10-7-15(26-2)12-18(17)29-21/h5-10,12H,4,11,13H2,1-3H3. The number of nitrogens with zero attached hydrogens (tertiary/aromatic N) is 2. The molecule has 0 atom stereocenters. The van der Waals surface area contributed by atoms with Crippen LogP contribution < -0.4 is 9.54 Å².